The number of nitrogens with zero attached hydrogens (tertiary/aromatic N) is 2. The predicted octanol–water partition coefficient (Wildman–Crippen LogP) is 1.82. The molecule has 1 aliphatic rings. The standard InChI is InChI=1S/C10H20N2O2/c1-10(2,3)12-7-5-6-8(12)11(4)9(13)14/h8H,5-7H2,1-4H3,(H,13,14)/t8-/m1/s1. The summed E-state index contributed by atoms with van der Waals surface area (Å²) < 4.78 is 0. The van der Waals surface area contributed by atoms with Crippen LogP contribution in [0.5, 0.6) is 0 Å². The lowest BCUT2D eigenvalue weighted by atomic mass is 10.1. The van der Waals surface area contributed by atoms with E-state index in [9.17, 15) is 4.79 Å². The fraction of sp³-hybridized carbons (Fsp3) is 0.900. The van der Waals surface area contributed by atoms with Crippen molar-refractivity contribution in [2.24, 2.45) is 0 Å². The third-order valence-electron chi connectivity index (χ3n) is 2.83. The summed E-state index contributed by atoms with van der Waals surface area (Å²) >= 11 is 0. The van der Waals surface area contributed by atoms with Gasteiger partial charge in [0.25, 0.3) is 0 Å². The van der Waals surface area contributed by atoms with Gasteiger partial charge in [-0.05, 0) is 33.6 Å². The summed E-state index contributed by atoms with van der Waals surface area (Å²) in [5, 5.41) is 8.93. The topological polar surface area (TPSA) is 43.8 Å². The fourth-order valence-electron chi connectivity index (χ4n) is 2.06. The Morgan fingerprint density at radius 1 is 1.50 bits per heavy atom. The van der Waals surface area contributed by atoms with E-state index in [2.05, 4.69) is 25.7 Å². The van der Waals surface area contributed by atoms with Crippen LogP contribution < -0.4 is 0 Å². The molecule has 1 aliphatic heterocycles. The summed E-state index contributed by atoms with van der Waals surface area (Å²) in [6.45, 7) is 7.37. The molecule has 0 aromatic rings. The van der Waals surface area contributed by atoms with Crippen molar-refractivity contribution in [3.63, 3.8) is 0 Å². The Balaban J connectivity index is 2.74. The Bertz CT molecular complexity index is 223. The third kappa shape index (κ3) is 2.18. The third-order valence-corrected chi connectivity index (χ3v) is 2.83. The molecular formula is C10H20N2O2. The smallest absolute Gasteiger partial charge is 0.408 e. The highest BCUT2D eigenvalue weighted by atomic mass is 16.4. The first-order chi connectivity index (χ1) is 6.34. The summed E-state index contributed by atoms with van der Waals surface area (Å²) in [7, 11) is 1.65. The van der Waals surface area contributed by atoms with Gasteiger partial charge in [-0.25, -0.2) is 4.79 Å². The van der Waals surface area contributed by atoms with Gasteiger partial charge in [-0.3, -0.25) is 9.80 Å². The van der Waals surface area contributed by atoms with Gasteiger partial charge in [0, 0.05) is 19.1 Å². The lowest BCUT2D eigenvalue weighted by molar-refractivity contribution is 0.0325. The number of rotatable bonds is 1. The van der Waals surface area contributed by atoms with Crippen molar-refractivity contribution in [2.75, 3.05) is 13.6 Å². The molecule has 1 N–H and O–H groups in total. The Morgan fingerprint density at radius 2 is 2.07 bits per heavy atom. The SMILES string of the molecule is CN(C(=O)O)[C@H]1CCCN1C(C)(C)C. The Kier molecular flexibility index (Phi) is 3.04. The first-order valence-electron chi connectivity index (χ1n) is 5.06. The van der Waals surface area contributed by atoms with Gasteiger partial charge in [0.15, 0.2) is 0 Å². The van der Waals surface area contributed by atoms with Crippen molar-refractivity contribution in [2.45, 2.75) is 45.3 Å². The molecule has 14 heavy (non-hydrogen) atoms. The second kappa shape index (κ2) is 3.77. The fourth-order valence-corrected chi connectivity index (χ4v) is 2.06. The molecule has 1 fully saturated rings. The highest BCUT2D eigenvalue weighted by molar-refractivity contribution is 5.64. The van der Waals surface area contributed by atoms with Gasteiger partial charge >= 0.3 is 6.09 Å². The van der Waals surface area contributed by atoms with Gasteiger partial charge in [-0.1, -0.05) is 0 Å². The molecule has 0 aliphatic carbocycles. The maximum absolute atomic E-state index is 10.9. The molecule has 4 heteroatoms. The summed E-state index contributed by atoms with van der Waals surface area (Å²) in [5.41, 5.74) is 0.0465. The molecule has 0 unspecified atom stereocenters. The van der Waals surface area contributed by atoms with E-state index in [4.69, 9.17) is 5.11 Å². The van der Waals surface area contributed by atoms with Crippen molar-refractivity contribution in [3.8, 4) is 0 Å². The van der Waals surface area contributed by atoms with E-state index in [-0.39, 0.29) is 11.7 Å². The van der Waals surface area contributed by atoms with Crippen molar-refractivity contribution in [1.29, 1.82) is 0 Å². The molecule has 0 aromatic heterocycles. The van der Waals surface area contributed by atoms with E-state index in [1.807, 2.05) is 0 Å². The van der Waals surface area contributed by atoms with E-state index < -0.39 is 6.09 Å². The summed E-state index contributed by atoms with van der Waals surface area (Å²) in [4.78, 5) is 14.5. The zero-order valence-electron chi connectivity index (χ0n) is 9.45. The molecule has 0 spiro atoms. The maximum atomic E-state index is 10.9. The maximum Gasteiger partial charge on any atom is 0.408 e. The number of amides is 1. The van der Waals surface area contributed by atoms with Crippen LogP contribution in [0.4, 0.5) is 4.79 Å². The zero-order valence-corrected chi connectivity index (χ0v) is 9.45. The van der Waals surface area contributed by atoms with Crippen molar-refractivity contribution in [3.05, 3.63) is 0 Å². The molecular weight excluding hydrogens is 180 g/mol. The van der Waals surface area contributed by atoms with Gasteiger partial charge < -0.3 is 5.11 Å². The average Bonchev–Trinajstić information content (AvgIpc) is 2.48. The molecule has 0 aromatic carbocycles. The van der Waals surface area contributed by atoms with Crippen LogP contribution >= 0.6 is 0 Å². The normalized spacial score (nSPS) is 23.9. The number of carboxylic acid groups (broad SMARTS) is 1. The van der Waals surface area contributed by atoms with Crippen molar-refractivity contribution < 1.29 is 9.90 Å². The molecule has 82 valence electrons. The van der Waals surface area contributed by atoms with Gasteiger partial charge in [0.1, 0.15) is 0 Å². The number of likely N-dealkylation sites (tertiary alicyclic amines) is 1. The van der Waals surface area contributed by atoms with E-state index in [0.29, 0.717) is 0 Å². The highest BCUT2D eigenvalue weighted by Crippen LogP contribution is 2.27. The van der Waals surface area contributed by atoms with Crippen LogP contribution in [0.15, 0.2) is 0 Å². The van der Waals surface area contributed by atoms with Crippen LogP contribution in [0.25, 0.3) is 0 Å². The Labute approximate surface area is 85.5 Å². The first-order valence-corrected chi connectivity index (χ1v) is 5.06. The monoisotopic (exact) mass is 200 g/mol. The summed E-state index contributed by atoms with van der Waals surface area (Å²) in [6, 6.07) is 0. The summed E-state index contributed by atoms with van der Waals surface area (Å²) in [5.74, 6) is 0. The second-order valence-electron chi connectivity index (χ2n) is 4.88. The largest absolute Gasteiger partial charge is 0.465 e. The molecule has 1 heterocycles. The van der Waals surface area contributed by atoms with Gasteiger partial charge in [0.2, 0.25) is 0 Å². The van der Waals surface area contributed by atoms with Crippen LogP contribution in [-0.4, -0.2) is 46.3 Å². The minimum absolute atomic E-state index is 0.0465. The van der Waals surface area contributed by atoms with Gasteiger partial charge in [-0.15, -0.1) is 0 Å². The van der Waals surface area contributed by atoms with Crippen LogP contribution in [-0.2, 0) is 0 Å². The Morgan fingerprint density at radius 3 is 2.50 bits per heavy atom. The molecule has 0 saturated carbocycles. The first kappa shape index (κ1) is 11.3. The number of carbonyl (C=O) groups is 1. The molecule has 4 nitrogen and oxygen atoms in total. The van der Waals surface area contributed by atoms with Gasteiger partial charge in [-0.2, -0.15) is 0 Å². The second-order valence-corrected chi connectivity index (χ2v) is 4.88. The molecule has 1 saturated heterocycles. The Hall–Kier alpha value is -0.770. The minimum atomic E-state index is -0.842. The molecule has 1 rings (SSSR count). The van der Waals surface area contributed by atoms with Crippen LogP contribution in [0.1, 0.15) is 33.6 Å². The molecule has 0 radical (unpaired) electrons. The predicted molar refractivity (Wildman–Crippen MR) is 55.3 cm³/mol. The molecule has 1 atom stereocenters. The lowest BCUT2D eigenvalue weighted by Crippen LogP contribution is -2.52. The van der Waals surface area contributed by atoms with E-state index in [1.165, 1.54) is 4.90 Å². The van der Waals surface area contributed by atoms with Crippen molar-refractivity contribution in [1.82, 2.24) is 9.80 Å². The van der Waals surface area contributed by atoms with E-state index in [1.54, 1.807) is 7.05 Å². The van der Waals surface area contributed by atoms with Crippen molar-refractivity contribution >= 4 is 6.09 Å². The average molecular weight is 200 g/mol. The zero-order chi connectivity index (χ0) is 10.9. The number of hydrogen-bond acceptors (Lipinski definition) is 2. The lowest BCUT2D eigenvalue weighted by Gasteiger charge is -2.39. The number of hydrogen-bond donors (Lipinski definition) is 1. The van der Waals surface area contributed by atoms with Crippen LogP contribution in [0.3, 0.4) is 0 Å². The minimum Gasteiger partial charge on any atom is -0.465 e. The molecule has 0 bridgehead atoms. The highest BCUT2D eigenvalue weighted by Gasteiger charge is 2.36. The van der Waals surface area contributed by atoms with Crippen LogP contribution in [0.2, 0.25) is 0 Å². The van der Waals surface area contributed by atoms with Gasteiger partial charge in [0.05, 0.1) is 6.17 Å². The molecule has 1 amide bonds. The quantitative estimate of drug-likeness (QED) is 0.702. The van der Waals surface area contributed by atoms with E-state index in [0.717, 1.165) is 19.4 Å². The van der Waals surface area contributed by atoms with E-state index >= 15 is 0 Å². The summed E-state index contributed by atoms with van der Waals surface area (Å²) in [6.07, 6.45) is 1.23. The van der Waals surface area contributed by atoms with Crippen LogP contribution in [0, 0.1) is 0 Å².